The average molecular weight is 267 g/mol. The lowest BCUT2D eigenvalue weighted by molar-refractivity contribution is 0.0572. The number of aliphatic hydroxyl groups is 2. The van der Waals surface area contributed by atoms with Crippen LogP contribution in [0.5, 0.6) is 11.5 Å². The molecule has 0 amide bonds. The molecule has 2 atom stereocenters. The van der Waals surface area contributed by atoms with E-state index in [2.05, 4.69) is 0 Å². The van der Waals surface area contributed by atoms with Crippen molar-refractivity contribution in [2.75, 3.05) is 32.8 Å². The summed E-state index contributed by atoms with van der Waals surface area (Å²) in [5.41, 5.74) is 0. The molecule has 2 N–H and O–H groups in total. The number of para-hydroxylation sites is 2. The van der Waals surface area contributed by atoms with E-state index in [9.17, 15) is 10.2 Å². The van der Waals surface area contributed by atoms with E-state index in [1.54, 1.807) is 0 Å². The van der Waals surface area contributed by atoms with Crippen molar-refractivity contribution in [3.05, 3.63) is 24.3 Å². The van der Waals surface area contributed by atoms with Crippen LogP contribution < -0.4 is 9.47 Å². The van der Waals surface area contributed by atoms with E-state index in [0.29, 0.717) is 32.8 Å². The molecule has 0 spiro atoms. The first kappa shape index (κ1) is 14.1. The van der Waals surface area contributed by atoms with E-state index in [-0.39, 0.29) is 0 Å². The molecule has 0 aromatic heterocycles. The highest BCUT2D eigenvalue weighted by molar-refractivity contribution is 5.39. The second-order valence-corrected chi connectivity index (χ2v) is 4.62. The molecule has 0 bridgehead atoms. The number of β-amino-alcohol motifs (C(OH)–C–C–N with tert-alkyl or cyclic N) is 2. The Bertz CT molecular complexity index is 389. The van der Waals surface area contributed by atoms with Crippen LogP contribution in [0.2, 0.25) is 0 Å². The highest BCUT2D eigenvalue weighted by Gasteiger charge is 2.28. The quantitative estimate of drug-likeness (QED) is 0.786. The van der Waals surface area contributed by atoms with Gasteiger partial charge >= 0.3 is 0 Å². The van der Waals surface area contributed by atoms with Crippen molar-refractivity contribution in [2.45, 2.75) is 19.1 Å². The fraction of sp³-hybridized carbons (Fsp3) is 0.571. The predicted molar refractivity (Wildman–Crippen MR) is 71.6 cm³/mol. The molecule has 1 aromatic rings. The Labute approximate surface area is 113 Å². The molecule has 1 aliphatic heterocycles. The summed E-state index contributed by atoms with van der Waals surface area (Å²) in [4.78, 5) is 1.98. The normalized spacial score (nSPS) is 23.5. The van der Waals surface area contributed by atoms with Crippen LogP contribution in [-0.4, -0.2) is 60.2 Å². The van der Waals surface area contributed by atoms with Crippen LogP contribution in [0.4, 0.5) is 0 Å². The van der Waals surface area contributed by atoms with Crippen LogP contribution in [0.15, 0.2) is 24.3 Å². The summed E-state index contributed by atoms with van der Waals surface area (Å²) >= 11 is 0. The second kappa shape index (κ2) is 6.75. The number of benzene rings is 1. The highest BCUT2D eigenvalue weighted by atomic mass is 16.5. The Kier molecular flexibility index (Phi) is 5.01. The van der Waals surface area contributed by atoms with Gasteiger partial charge in [-0.25, -0.2) is 0 Å². The van der Waals surface area contributed by atoms with Gasteiger partial charge in [0.1, 0.15) is 6.61 Å². The summed E-state index contributed by atoms with van der Waals surface area (Å²) in [5.74, 6) is 1.47. The maximum absolute atomic E-state index is 9.45. The Morgan fingerprint density at radius 1 is 1.11 bits per heavy atom. The molecular weight excluding hydrogens is 246 g/mol. The molecule has 19 heavy (non-hydrogen) atoms. The summed E-state index contributed by atoms with van der Waals surface area (Å²) in [6.45, 7) is 4.71. The largest absolute Gasteiger partial charge is 0.490 e. The smallest absolute Gasteiger partial charge is 0.161 e. The monoisotopic (exact) mass is 267 g/mol. The Morgan fingerprint density at radius 3 is 2.26 bits per heavy atom. The SMILES string of the molecule is CCOc1ccccc1OCCN1C[C@@H](O)[C@@H](O)C1. The Morgan fingerprint density at radius 2 is 1.68 bits per heavy atom. The van der Waals surface area contributed by atoms with E-state index >= 15 is 0 Å². The lowest BCUT2D eigenvalue weighted by Crippen LogP contribution is -2.27. The van der Waals surface area contributed by atoms with Crippen molar-refractivity contribution >= 4 is 0 Å². The van der Waals surface area contributed by atoms with Crippen molar-refractivity contribution in [2.24, 2.45) is 0 Å². The first-order valence-electron chi connectivity index (χ1n) is 6.63. The van der Waals surface area contributed by atoms with E-state index < -0.39 is 12.2 Å². The third-order valence-corrected chi connectivity index (χ3v) is 3.15. The van der Waals surface area contributed by atoms with Crippen molar-refractivity contribution in [3.63, 3.8) is 0 Å². The van der Waals surface area contributed by atoms with Gasteiger partial charge in [0, 0.05) is 19.6 Å². The zero-order valence-electron chi connectivity index (χ0n) is 11.2. The van der Waals surface area contributed by atoms with Gasteiger partial charge in [0.05, 0.1) is 18.8 Å². The lowest BCUT2D eigenvalue weighted by atomic mass is 10.3. The maximum atomic E-state index is 9.45. The number of hydrogen-bond donors (Lipinski definition) is 2. The van der Waals surface area contributed by atoms with Crippen LogP contribution in [0.3, 0.4) is 0 Å². The molecule has 0 aliphatic carbocycles. The van der Waals surface area contributed by atoms with Crippen LogP contribution in [0, 0.1) is 0 Å². The second-order valence-electron chi connectivity index (χ2n) is 4.62. The molecule has 0 radical (unpaired) electrons. The number of ether oxygens (including phenoxy) is 2. The first-order chi connectivity index (χ1) is 9.20. The molecule has 0 saturated carbocycles. The summed E-state index contributed by atoms with van der Waals surface area (Å²) in [5, 5.41) is 18.9. The molecule has 1 aliphatic rings. The van der Waals surface area contributed by atoms with Crippen molar-refractivity contribution in [1.82, 2.24) is 4.90 Å². The molecule has 1 heterocycles. The minimum absolute atomic E-state index is 0.498. The third kappa shape index (κ3) is 3.83. The van der Waals surface area contributed by atoms with Crippen LogP contribution in [0.1, 0.15) is 6.92 Å². The maximum Gasteiger partial charge on any atom is 0.161 e. The van der Waals surface area contributed by atoms with E-state index in [4.69, 9.17) is 9.47 Å². The number of hydrogen-bond acceptors (Lipinski definition) is 5. The van der Waals surface area contributed by atoms with E-state index in [1.807, 2.05) is 36.1 Å². The molecule has 1 fully saturated rings. The van der Waals surface area contributed by atoms with E-state index in [0.717, 1.165) is 11.5 Å². The highest BCUT2D eigenvalue weighted by Crippen LogP contribution is 2.26. The zero-order chi connectivity index (χ0) is 13.7. The average Bonchev–Trinajstić information content (AvgIpc) is 2.71. The van der Waals surface area contributed by atoms with Gasteiger partial charge in [-0.1, -0.05) is 12.1 Å². The molecule has 5 heteroatoms. The van der Waals surface area contributed by atoms with Gasteiger partial charge in [-0.05, 0) is 19.1 Å². The zero-order valence-corrected chi connectivity index (χ0v) is 11.2. The third-order valence-electron chi connectivity index (χ3n) is 3.15. The molecule has 106 valence electrons. The Balaban J connectivity index is 1.80. The molecular formula is C14H21NO4. The van der Waals surface area contributed by atoms with Gasteiger partial charge in [0.15, 0.2) is 11.5 Å². The predicted octanol–water partition coefficient (Wildman–Crippen LogP) is 0.501. The fourth-order valence-electron chi connectivity index (χ4n) is 2.16. The van der Waals surface area contributed by atoms with Gasteiger partial charge in [-0.3, -0.25) is 4.90 Å². The molecule has 5 nitrogen and oxygen atoms in total. The van der Waals surface area contributed by atoms with Crippen LogP contribution in [-0.2, 0) is 0 Å². The van der Waals surface area contributed by atoms with Gasteiger partial charge in [-0.2, -0.15) is 0 Å². The van der Waals surface area contributed by atoms with Gasteiger partial charge in [-0.15, -0.1) is 0 Å². The van der Waals surface area contributed by atoms with Gasteiger partial charge < -0.3 is 19.7 Å². The number of aliphatic hydroxyl groups excluding tert-OH is 2. The van der Waals surface area contributed by atoms with Gasteiger partial charge in [0.2, 0.25) is 0 Å². The lowest BCUT2D eigenvalue weighted by Gasteiger charge is -2.16. The van der Waals surface area contributed by atoms with Crippen LogP contribution in [0.25, 0.3) is 0 Å². The fourth-order valence-corrected chi connectivity index (χ4v) is 2.16. The molecule has 0 unspecified atom stereocenters. The van der Waals surface area contributed by atoms with Crippen molar-refractivity contribution in [1.29, 1.82) is 0 Å². The standard InChI is InChI=1S/C14H21NO4/c1-2-18-13-5-3-4-6-14(13)19-8-7-15-9-11(16)12(17)10-15/h3-6,11-12,16-17H,2,7-10H2,1H3/t11-,12+. The summed E-state index contributed by atoms with van der Waals surface area (Å²) in [7, 11) is 0. The minimum atomic E-state index is -0.643. The number of rotatable bonds is 6. The minimum Gasteiger partial charge on any atom is -0.490 e. The summed E-state index contributed by atoms with van der Waals surface area (Å²) < 4.78 is 11.2. The summed E-state index contributed by atoms with van der Waals surface area (Å²) in [6.07, 6.45) is -1.29. The van der Waals surface area contributed by atoms with E-state index in [1.165, 1.54) is 0 Å². The molecule has 1 saturated heterocycles. The number of nitrogens with zero attached hydrogens (tertiary/aromatic N) is 1. The van der Waals surface area contributed by atoms with Gasteiger partial charge in [0.25, 0.3) is 0 Å². The van der Waals surface area contributed by atoms with Crippen molar-refractivity contribution < 1.29 is 19.7 Å². The van der Waals surface area contributed by atoms with Crippen LogP contribution >= 0.6 is 0 Å². The first-order valence-corrected chi connectivity index (χ1v) is 6.63. The molecule has 1 aromatic carbocycles. The summed E-state index contributed by atoms with van der Waals surface area (Å²) in [6, 6.07) is 7.56. The topological polar surface area (TPSA) is 62.2 Å². The number of likely N-dealkylation sites (tertiary alicyclic amines) is 1. The Hall–Kier alpha value is -1.30. The van der Waals surface area contributed by atoms with Crippen molar-refractivity contribution in [3.8, 4) is 11.5 Å². The molecule has 2 rings (SSSR count).